The Hall–Kier alpha value is -1.39. The lowest BCUT2D eigenvalue weighted by Crippen LogP contribution is -2.51. The van der Waals surface area contributed by atoms with Crippen LogP contribution in [0.2, 0.25) is 0 Å². The van der Waals surface area contributed by atoms with E-state index in [2.05, 4.69) is 42.7 Å². The van der Waals surface area contributed by atoms with Crippen LogP contribution in [-0.2, 0) is 9.53 Å². The normalized spacial score (nSPS) is 20.9. The number of morpholine rings is 1. The number of amides is 1. The van der Waals surface area contributed by atoms with E-state index < -0.39 is 0 Å². The van der Waals surface area contributed by atoms with Gasteiger partial charge in [-0.2, -0.15) is 0 Å². The fraction of sp³-hybridized carbons (Fsp3) is 0.533. The Bertz CT molecular complexity index is 453. The lowest BCUT2D eigenvalue weighted by atomic mass is 10.00. The van der Waals surface area contributed by atoms with Gasteiger partial charge in [0.1, 0.15) is 6.04 Å². The number of aryl methyl sites for hydroxylation is 2. The second-order valence-electron chi connectivity index (χ2n) is 5.17. The summed E-state index contributed by atoms with van der Waals surface area (Å²) in [4.78, 5) is 12.1. The van der Waals surface area contributed by atoms with Gasteiger partial charge in [0.05, 0.1) is 19.3 Å². The molecule has 2 rings (SSSR count). The highest BCUT2D eigenvalue weighted by Gasteiger charge is 2.23. The average molecular weight is 262 g/mol. The molecule has 1 saturated heterocycles. The van der Waals surface area contributed by atoms with E-state index in [4.69, 9.17) is 4.74 Å². The molecule has 1 fully saturated rings. The minimum Gasteiger partial charge on any atom is -0.378 e. The van der Waals surface area contributed by atoms with Crippen LogP contribution in [0.1, 0.15) is 29.7 Å². The van der Waals surface area contributed by atoms with Crippen LogP contribution in [0.4, 0.5) is 0 Å². The molecule has 1 aromatic carbocycles. The highest BCUT2D eigenvalue weighted by Crippen LogP contribution is 2.19. The molecule has 2 N–H and O–H groups in total. The molecular formula is C15H22N2O2. The van der Waals surface area contributed by atoms with Crippen molar-refractivity contribution < 1.29 is 9.53 Å². The molecule has 19 heavy (non-hydrogen) atoms. The van der Waals surface area contributed by atoms with Gasteiger partial charge < -0.3 is 15.4 Å². The van der Waals surface area contributed by atoms with E-state index in [1.54, 1.807) is 0 Å². The fourth-order valence-corrected chi connectivity index (χ4v) is 2.35. The predicted molar refractivity (Wildman–Crippen MR) is 75.1 cm³/mol. The number of benzene rings is 1. The summed E-state index contributed by atoms with van der Waals surface area (Å²) in [5.74, 6) is 0.00751. The third-order valence-electron chi connectivity index (χ3n) is 3.50. The number of carbonyl (C=O) groups is 1. The predicted octanol–water partition coefficient (Wildman–Crippen LogP) is 1.47. The molecule has 1 aliphatic heterocycles. The first kappa shape index (κ1) is 14.0. The molecule has 1 aromatic rings. The van der Waals surface area contributed by atoms with E-state index in [0.717, 1.165) is 6.54 Å². The average Bonchev–Trinajstić information content (AvgIpc) is 2.42. The van der Waals surface area contributed by atoms with Crippen molar-refractivity contribution in [2.75, 3.05) is 19.8 Å². The second kappa shape index (κ2) is 6.17. The van der Waals surface area contributed by atoms with Gasteiger partial charge in [-0.3, -0.25) is 4.79 Å². The summed E-state index contributed by atoms with van der Waals surface area (Å²) in [5.41, 5.74) is 3.58. The van der Waals surface area contributed by atoms with Crippen LogP contribution >= 0.6 is 0 Å². The summed E-state index contributed by atoms with van der Waals surface area (Å²) in [6.45, 7) is 8.01. The van der Waals surface area contributed by atoms with Gasteiger partial charge in [0.15, 0.2) is 0 Å². The van der Waals surface area contributed by atoms with Crippen LogP contribution in [0.5, 0.6) is 0 Å². The van der Waals surface area contributed by atoms with Crippen LogP contribution in [-0.4, -0.2) is 31.7 Å². The number of nitrogens with one attached hydrogen (secondary N) is 2. The molecule has 0 unspecified atom stereocenters. The van der Waals surface area contributed by atoms with Crippen molar-refractivity contribution in [3.8, 4) is 0 Å². The number of ether oxygens (including phenoxy) is 1. The Morgan fingerprint density at radius 3 is 2.95 bits per heavy atom. The number of hydrogen-bond donors (Lipinski definition) is 2. The largest absolute Gasteiger partial charge is 0.378 e. The molecule has 0 spiro atoms. The van der Waals surface area contributed by atoms with E-state index in [-0.39, 0.29) is 18.0 Å². The van der Waals surface area contributed by atoms with Crippen molar-refractivity contribution in [3.05, 3.63) is 34.9 Å². The van der Waals surface area contributed by atoms with Gasteiger partial charge >= 0.3 is 0 Å². The van der Waals surface area contributed by atoms with E-state index >= 15 is 0 Å². The topological polar surface area (TPSA) is 50.4 Å². The van der Waals surface area contributed by atoms with Gasteiger partial charge in [0, 0.05) is 6.54 Å². The SMILES string of the molecule is Cc1ccc(C)c([C@H](C)NC(=O)[C@H]2COCCN2)c1. The zero-order valence-corrected chi connectivity index (χ0v) is 11.8. The molecule has 0 aromatic heterocycles. The molecule has 0 bridgehead atoms. The molecule has 0 radical (unpaired) electrons. The Labute approximate surface area is 114 Å². The third-order valence-corrected chi connectivity index (χ3v) is 3.50. The van der Waals surface area contributed by atoms with Crippen LogP contribution < -0.4 is 10.6 Å². The monoisotopic (exact) mass is 262 g/mol. The van der Waals surface area contributed by atoms with E-state index in [1.165, 1.54) is 16.7 Å². The van der Waals surface area contributed by atoms with Crippen LogP contribution in [0.3, 0.4) is 0 Å². The van der Waals surface area contributed by atoms with Gasteiger partial charge in [0.2, 0.25) is 5.91 Å². The molecular weight excluding hydrogens is 240 g/mol. The lowest BCUT2D eigenvalue weighted by molar-refractivity contribution is -0.126. The molecule has 0 aliphatic carbocycles. The van der Waals surface area contributed by atoms with Gasteiger partial charge in [0.25, 0.3) is 0 Å². The minimum absolute atomic E-state index is 0.00751. The van der Waals surface area contributed by atoms with Crippen molar-refractivity contribution >= 4 is 5.91 Å². The summed E-state index contributed by atoms with van der Waals surface area (Å²) in [5, 5.41) is 6.22. The van der Waals surface area contributed by atoms with E-state index in [0.29, 0.717) is 13.2 Å². The molecule has 104 valence electrons. The Morgan fingerprint density at radius 1 is 1.47 bits per heavy atom. The fourth-order valence-electron chi connectivity index (χ4n) is 2.35. The zero-order chi connectivity index (χ0) is 13.8. The summed E-state index contributed by atoms with van der Waals surface area (Å²) in [6.07, 6.45) is 0. The highest BCUT2D eigenvalue weighted by molar-refractivity contribution is 5.82. The smallest absolute Gasteiger partial charge is 0.240 e. The van der Waals surface area contributed by atoms with Crippen molar-refractivity contribution in [1.29, 1.82) is 0 Å². The summed E-state index contributed by atoms with van der Waals surface area (Å²) in [6, 6.07) is 6.09. The number of carbonyl (C=O) groups excluding carboxylic acids is 1. The maximum Gasteiger partial charge on any atom is 0.240 e. The Balaban J connectivity index is 2.01. The molecule has 4 nitrogen and oxygen atoms in total. The lowest BCUT2D eigenvalue weighted by Gasteiger charge is -2.25. The maximum atomic E-state index is 12.1. The second-order valence-corrected chi connectivity index (χ2v) is 5.17. The number of rotatable bonds is 3. The first-order chi connectivity index (χ1) is 9.08. The molecule has 2 atom stereocenters. The third kappa shape index (κ3) is 3.55. The van der Waals surface area contributed by atoms with Crippen LogP contribution in [0.15, 0.2) is 18.2 Å². The molecule has 1 aliphatic rings. The van der Waals surface area contributed by atoms with E-state index in [9.17, 15) is 4.79 Å². The quantitative estimate of drug-likeness (QED) is 0.867. The van der Waals surface area contributed by atoms with Crippen molar-refractivity contribution in [1.82, 2.24) is 10.6 Å². The van der Waals surface area contributed by atoms with Crippen LogP contribution in [0, 0.1) is 13.8 Å². The van der Waals surface area contributed by atoms with Crippen molar-refractivity contribution in [2.24, 2.45) is 0 Å². The standard InChI is InChI=1S/C15H22N2O2/c1-10-4-5-11(2)13(8-10)12(3)17-15(18)14-9-19-7-6-16-14/h4-5,8,12,14,16H,6-7,9H2,1-3H3,(H,17,18)/t12-,14+/m0/s1. The van der Waals surface area contributed by atoms with Crippen molar-refractivity contribution in [3.63, 3.8) is 0 Å². The van der Waals surface area contributed by atoms with Gasteiger partial charge in [-0.1, -0.05) is 23.8 Å². The van der Waals surface area contributed by atoms with Gasteiger partial charge in [-0.05, 0) is 31.9 Å². The Kier molecular flexibility index (Phi) is 4.56. The highest BCUT2D eigenvalue weighted by atomic mass is 16.5. The number of hydrogen-bond acceptors (Lipinski definition) is 3. The zero-order valence-electron chi connectivity index (χ0n) is 11.8. The first-order valence-electron chi connectivity index (χ1n) is 6.76. The summed E-state index contributed by atoms with van der Waals surface area (Å²) in [7, 11) is 0. The van der Waals surface area contributed by atoms with Crippen LogP contribution in [0.25, 0.3) is 0 Å². The molecule has 1 amide bonds. The van der Waals surface area contributed by atoms with Gasteiger partial charge in [-0.25, -0.2) is 0 Å². The molecule has 0 saturated carbocycles. The van der Waals surface area contributed by atoms with Gasteiger partial charge in [-0.15, -0.1) is 0 Å². The van der Waals surface area contributed by atoms with Crippen molar-refractivity contribution in [2.45, 2.75) is 32.9 Å². The minimum atomic E-state index is -0.235. The van der Waals surface area contributed by atoms with E-state index in [1.807, 2.05) is 6.92 Å². The Morgan fingerprint density at radius 2 is 2.26 bits per heavy atom. The summed E-state index contributed by atoms with van der Waals surface area (Å²) < 4.78 is 5.31. The first-order valence-corrected chi connectivity index (χ1v) is 6.76. The molecule has 4 heteroatoms. The maximum absolute atomic E-state index is 12.1. The molecule has 1 heterocycles. The summed E-state index contributed by atoms with van der Waals surface area (Å²) >= 11 is 0.